The Labute approximate surface area is 112 Å². The molecule has 2 aromatic heterocycles. The summed E-state index contributed by atoms with van der Waals surface area (Å²) in [6.07, 6.45) is 10.7. The molecule has 0 radical (unpaired) electrons. The average molecular weight is 255 g/mol. The van der Waals surface area contributed by atoms with Crippen molar-refractivity contribution in [1.82, 2.24) is 19.9 Å². The number of nitrogens with zero attached hydrogens (tertiary/aromatic N) is 5. The van der Waals surface area contributed by atoms with Crippen LogP contribution >= 0.6 is 0 Å². The molecule has 0 N–H and O–H groups in total. The van der Waals surface area contributed by atoms with E-state index in [1.807, 2.05) is 25.4 Å². The Morgan fingerprint density at radius 2 is 2.11 bits per heavy atom. The van der Waals surface area contributed by atoms with Gasteiger partial charge in [-0.2, -0.15) is 0 Å². The number of anilines is 1. The summed E-state index contributed by atoms with van der Waals surface area (Å²) in [5.41, 5.74) is 1.03. The lowest BCUT2D eigenvalue weighted by Gasteiger charge is -2.36. The molecule has 0 bridgehead atoms. The summed E-state index contributed by atoms with van der Waals surface area (Å²) in [5.74, 6) is 1.80. The third-order valence-corrected chi connectivity index (χ3v) is 3.48. The van der Waals surface area contributed by atoms with E-state index in [-0.39, 0.29) is 6.04 Å². The van der Waals surface area contributed by atoms with Crippen molar-refractivity contribution in [2.24, 2.45) is 0 Å². The first-order valence-corrected chi connectivity index (χ1v) is 6.67. The molecule has 2 aromatic rings. The molecule has 0 saturated carbocycles. The van der Waals surface area contributed by atoms with Crippen LogP contribution in [0.15, 0.2) is 30.9 Å². The van der Waals surface area contributed by atoms with Gasteiger partial charge in [0.1, 0.15) is 11.6 Å². The van der Waals surface area contributed by atoms with Gasteiger partial charge in [0.15, 0.2) is 0 Å². The van der Waals surface area contributed by atoms with Gasteiger partial charge in [-0.3, -0.25) is 9.97 Å². The second-order valence-corrected chi connectivity index (χ2v) is 4.80. The van der Waals surface area contributed by atoms with Crippen molar-refractivity contribution in [1.29, 1.82) is 0 Å². The van der Waals surface area contributed by atoms with Crippen LogP contribution in [0.5, 0.6) is 0 Å². The van der Waals surface area contributed by atoms with E-state index in [4.69, 9.17) is 0 Å². The Kier molecular flexibility index (Phi) is 3.35. The predicted molar refractivity (Wildman–Crippen MR) is 72.7 cm³/mol. The summed E-state index contributed by atoms with van der Waals surface area (Å²) in [7, 11) is 0. The minimum absolute atomic E-state index is 0.275. The highest BCUT2D eigenvalue weighted by Gasteiger charge is 2.26. The first kappa shape index (κ1) is 12.0. The fourth-order valence-electron chi connectivity index (χ4n) is 2.60. The highest BCUT2D eigenvalue weighted by Crippen LogP contribution is 2.32. The summed E-state index contributed by atoms with van der Waals surface area (Å²) in [6, 6.07) is 2.25. The standard InChI is InChI=1S/C14H17N5/c1-11-16-6-5-14(18-11)19-9-3-2-4-13(19)12-10-15-7-8-17-12/h5-8,10,13H,2-4,9H2,1H3/t13-/m0/s1. The SMILES string of the molecule is Cc1nccc(N2CCCC[C@H]2c2cnccn2)n1. The molecule has 3 rings (SSSR count). The third kappa shape index (κ3) is 2.54. The highest BCUT2D eigenvalue weighted by molar-refractivity contribution is 5.41. The Bertz CT molecular complexity index is 543. The van der Waals surface area contributed by atoms with Crippen molar-refractivity contribution < 1.29 is 0 Å². The second kappa shape index (κ2) is 5.30. The molecule has 0 amide bonds. The van der Waals surface area contributed by atoms with Crippen LogP contribution in [-0.2, 0) is 0 Å². The largest absolute Gasteiger partial charge is 0.348 e. The van der Waals surface area contributed by atoms with Crippen LogP contribution in [0.25, 0.3) is 0 Å². The number of hydrogen-bond acceptors (Lipinski definition) is 5. The lowest BCUT2D eigenvalue weighted by Crippen LogP contribution is -2.34. The van der Waals surface area contributed by atoms with Crippen molar-refractivity contribution in [2.45, 2.75) is 32.2 Å². The summed E-state index contributed by atoms with van der Waals surface area (Å²) in [6.45, 7) is 2.93. The summed E-state index contributed by atoms with van der Waals surface area (Å²) >= 11 is 0. The number of hydrogen-bond donors (Lipinski definition) is 0. The maximum Gasteiger partial charge on any atom is 0.132 e. The molecule has 5 nitrogen and oxygen atoms in total. The van der Waals surface area contributed by atoms with E-state index in [2.05, 4.69) is 24.8 Å². The lowest BCUT2D eigenvalue weighted by atomic mass is 9.99. The number of aryl methyl sites for hydroxylation is 1. The van der Waals surface area contributed by atoms with Gasteiger partial charge in [0.2, 0.25) is 0 Å². The fourth-order valence-corrected chi connectivity index (χ4v) is 2.60. The van der Waals surface area contributed by atoms with Gasteiger partial charge in [-0.1, -0.05) is 0 Å². The summed E-state index contributed by atoms with van der Waals surface area (Å²) < 4.78 is 0. The van der Waals surface area contributed by atoms with E-state index in [0.29, 0.717) is 0 Å². The van der Waals surface area contributed by atoms with E-state index in [1.54, 1.807) is 12.4 Å². The van der Waals surface area contributed by atoms with Crippen molar-refractivity contribution >= 4 is 5.82 Å². The molecule has 5 heteroatoms. The lowest BCUT2D eigenvalue weighted by molar-refractivity contribution is 0.460. The Balaban J connectivity index is 1.93. The van der Waals surface area contributed by atoms with Crippen LogP contribution < -0.4 is 4.90 Å². The van der Waals surface area contributed by atoms with Gasteiger partial charge in [0.25, 0.3) is 0 Å². The fraction of sp³-hybridized carbons (Fsp3) is 0.429. The second-order valence-electron chi connectivity index (χ2n) is 4.80. The maximum atomic E-state index is 4.54. The van der Waals surface area contributed by atoms with Crippen LogP contribution in [0.3, 0.4) is 0 Å². The predicted octanol–water partition coefficient (Wildman–Crippen LogP) is 2.31. The minimum Gasteiger partial charge on any atom is -0.348 e. The monoisotopic (exact) mass is 255 g/mol. The molecule has 0 aliphatic carbocycles. The van der Waals surface area contributed by atoms with E-state index in [0.717, 1.165) is 30.3 Å². The molecular weight excluding hydrogens is 238 g/mol. The smallest absolute Gasteiger partial charge is 0.132 e. The molecule has 3 heterocycles. The van der Waals surface area contributed by atoms with Gasteiger partial charge >= 0.3 is 0 Å². The average Bonchev–Trinajstić information content (AvgIpc) is 2.48. The van der Waals surface area contributed by atoms with Crippen molar-refractivity contribution in [3.63, 3.8) is 0 Å². The van der Waals surface area contributed by atoms with Gasteiger partial charge in [0, 0.05) is 25.1 Å². The molecule has 98 valence electrons. The molecule has 19 heavy (non-hydrogen) atoms. The number of rotatable bonds is 2. The van der Waals surface area contributed by atoms with Gasteiger partial charge in [-0.25, -0.2) is 9.97 Å². The van der Waals surface area contributed by atoms with Gasteiger partial charge in [-0.15, -0.1) is 0 Å². The molecule has 1 atom stereocenters. The Morgan fingerprint density at radius 1 is 1.16 bits per heavy atom. The zero-order chi connectivity index (χ0) is 13.1. The molecule has 0 aromatic carbocycles. The van der Waals surface area contributed by atoms with Gasteiger partial charge in [0.05, 0.1) is 17.9 Å². The van der Waals surface area contributed by atoms with Crippen LogP contribution in [0.1, 0.15) is 36.8 Å². The van der Waals surface area contributed by atoms with Crippen LogP contribution in [0, 0.1) is 6.92 Å². The van der Waals surface area contributed by atoms with Crippen molar-refractivity contribution in [3.8, 4) is 0 Å². The first-order chi connectivity index (χ1) is 9.34. The zero-order valence-corrected chi connectivity index (χ0v) is 11.0. The minimum atomic E-state index is 0.275. The molecular formula is C14H17N5. The molecule has 0 spiro atoms. The normalized spacial score (nSPS) is 19.4. The van der Waals surface area contributed by atoms with Crippen LogP contribution in [0.4, 0.5) is 5.82 Å². The molecule has 1 aliphatic heterocycles. The maximum absolute atomic E-state index is 4.54. The van der Waals surface area contributed by atoms with Gasteiger partial charge < -0.3 is 4.90 Å². The zero-order valence-electron chi connectivity index (χ0n) is 11.0. The summed E-state index contributed by atoms with van der Waals surface area (Å²) in [5, 5.41) is 0. The van der Waals surface area contributed by atoms with Crippen LogP contribution in [-0.4, -0.2) is 26.5 Å². The Morgan fingerprint density at radius 3 is 2.89 bits per heavy atom. The first-order valence-electron chi connectivity index (χ1n) is 6.67. The topological polar surface area (TPSA) is 54.8 Å². The molecule has 1 fully saturated rings. The molecule has 1 saturated heterocycles. The van der Waals surface area contributed by atoms with Crippen LogP contribution in [0.2, 0.25) is 0 Å². The van der Waals surface area contributed by atoms with E-state index < -0.39 is 0 Å². The molecule has 0 unspecified atom stereocenters. The quantitative estimate of drug-likeness (QED) is 0.824. The molecule has 1 aliphatic rings. The van der Waals surface area contributed by atoms with E-state index in [9.17, 15) is 0 Å². The van der Waals surface area contributed by atoms with E-state index in [1.165, 1.54) is 12.8 Å². The number of piperidine rings is 1. The van der Waals surface area contributed by atoms with Gasteiger partial charge in [-0.05, 0) is 32.3 Å². The number of aromatic nitrogens is 4. The van der Waals surface area contributed by atoms with Crippen molar-refractivity contribution in [2.75, 3.05) is 11.4 Å². The highest BCUT2D eigenvalue weighted by atomic mass is 15.2. The van der Waals surface area contributed by atoms with E-state index >= 15 is 0 Å². The third-order valence-electron chi connectivity index (χ3n) is 3.48. The summed E-state index contributed by atoms with van der Waals surface area (Å²) in [4.78, 5) is 19.7. The van der Waals surface area contributed by atoms with Crippen molar-refractivity contribution in [3.05, 3.63) is 42.4 Å². The Hall–Kier alpha value is -2.04.